The second-order valence-corrected chi connectivity index (χ2v) is 12.0. The van der Waals surface area contributed by atoms with E-state index in [9.17, 15) is 14.7 Å². The Kier molecular flexibility index (Phi) is 5.55. The largest absolute Gasteiger partial charge is 0.463 e. The fraction of sp³-hybridized carbons (Fsp3) is 0.923. The molecule has 0 radical (unpaired) electrons. The molecule has 4 fully saturated rings. The maximum absolute atomic E-state index is 11.8. The van der Waals surface area contributed by atoms with Crippen LogP contribution in [0.4, 0.5) is 0 Å². The average molecular weight is 435 g/mol. The van der Waals surface area contributed by atoms with Crippen LogP contribution in [0.3, 0.4) is 0 Å². The fourth-order valence-corrected chi connectivity index (χ4v) is 8.99. The number of esters is 2. The van der Waals surface area contributed by atoms with E-state index in [0.29, 0.717) is 24.2 Å². The Morgan fingerprint density at radius 2 is 1.48 bits per heavy atom. The van der Waals surface area contributed by atoms with Crippen molar-refractivity contribution in [2.75, 3.05) is 0 Å². The zero-order valence-electron chi connectivity index (χ0n) is 20.3. The second kappa shape index (κ2) is 7.46. The highest BCUT2D eigenvalue weighted by Gasteiger charge is 2.68. The SMILES string of the molecule is CC(=O)O[C@@H]1CC[C@]2(C)[C@@H]3CC[C@@]4(C)[C@H](CC[C@]4(O)[C@H](C)OC(C)=O)[C@H]3CC[C@@]2(C)C1. The third-order valence-electron chi connectivity index (χ3n) is 10.9. The molecule has 0 unspecified atom stereocenters. The molecule has 0 amide bonds. The van der Waals surface area contributed by atoms with Gasteiger partial charge in [0, 0.05) is 19.3 Å². The number of aliphatic hydroxyl groups is 1. The number of carbonyl (C=O) groups is 2. The van der Waals surface area contributed by atoms with Crippen LogP contribution in [0.15, 0.2) is 0 Å². The lowest BCUT2D eigenvalue weighted by Crippen LogP contribution is -2.61. The van der Waals surface area contributed by atoms with Crippen LogP contribution in [-0.2, 0) is 19.1 Å². The molecule has 0 bridgehead atoms. The van der Waals surface area contributed by atoms with E-state index in [-0.39, 0.29) is 34.3 Å². The van der Waals surface area contributed by atoms with Gasteiger partial charge in [-0.05, 0) is 93.3 Å². The van der Waals surface area contributed by atoms with Crippen molar-refractivity contribution in [2.45, 2.75) is 117 Å². The number of hydrogen-bond donors (Lipinski definition) is 1. The molecule has 5 heteroatoms. The molecule has 1 N–H and O–H groups in total. The van der Waals surface area contributed by atoms with Gasteiger partial charge in [-0.25, -0.2) is 0 Å². The van der Waals surface area contributed by atoms with E-state index in [2.05, 4.69) is 20.8 Å². The van der Waals surface area contributed by atoms with Gasteiger partial charge in [-0.3, -0.25) is 9.59 Å². The summed E-state index contributed by atoms with van der Waals surface area (Å²) in [5.74, 6) is 1.26. The first-order chi connectivity index (χ1) is 14.4. The summed E-state index contributed by atoms with van der Waals surface area (Å²) in [6.45, 7) is 12.0. The van der Waals surface area contributed by atoms with Crippen molar-refractivity contribution >= 4 is 11.9 Å². The zero-order valence-corrected chi connectivity index (χ0v) is 20.3. The number of fused-ring (bicyclic) bond motifs is 5. The quantitative estimate of drug-likeness (QED) is 0.631. The van der Waals surface area contributed by atoms with Gasteiger partial charge in [-0.15, -0.1) is 0 Å². The van der Waals surface area contributed by atoms with Crippen molar-refractivity contribution in [3.05, 3.63) is 0 Å². The summed E-state index contributed by atoms with van der Waals surface area (Å²) >= 11 is 0. The van der Waals surface area contributed by atoms with Crippen LogP contribution in [0.5, 0.6) is 0 Å². The molecule has 0 saturated heterocycles. The monoisotopic (exact) mass is 434 g/mol. The number of hydrogen-bond acceptors (Lipinski definition) is 5. The maximum atomic E-state index is 11.8. The van der Waals surface area contributed by atoms with Crippen molar-refractivity contribution < 1.29 is 24.2 Å². The highest BCUT2D eigenvalue weighted by molar-refractivity contribution is 5.66. The van der Waals surface area contributed by atoms with Gasteiger partial charge in [0.1, 0.15) is 17.8 Å². The predicted octanol–water partition coefficient (Wildman–Crippen LogP) is 5.03. The molecule has 0 spiro atoms. The van der Waals surface area contributed by atoms with Gasteiger partial charge in [0.05, 0.1) is 0 Å². The third kappa shape index (κ3) is 3.28. The average Bonchev–Trinajstić information content (AvgIpc) is 2.94. The van der Waals surface area contributed by atoms with Crippen molar-refractivity contribution in [1.29, 1.82) is 0 Å². The zero-order chi connectivity index (χ0) is 22.8. The van der Waals surface area contributed by atoms with Gasteiger partial charge in [0.15, 0.2) is 0 Å². The van der Waals surface area contributed by atoms with Crippen molar-refractivity contribution in [1.82, 2.24) is 0 Å². The predicted molar refractivity (Wildman–Crippen MR) is 118 cm³/mol. The summed E-state index contributed by atoms with van der Waals surface area (Å²) < 4.78 is 11.2. The van der Waals surface area contributed by atoms with Gasteiger partial charge < -0.3 is 14.6 Å². The highest BCUT2D eigenvalue weighted by Crippen LogP contribution is 2.71. The maximum Gasteiger partial charge on any atom is 0.302 e. The van der Waals surface area contributed by atoms with E-state index < -0.39 is 11.7 Å². The van der Waals surface area contributed by atoms with E-state index in [0.717, 1.165) is 44.9 Å². The summed E-state index contributed by atoms with van der Waals surface area (Å²) in [4.78, 5) is 23.2. The molecular weight excluding hydrogens is 392 g/mol. The molecule has 0 aromatic heterocycles. The smallest absolute Gasteiger partial charge is 0.302 e. The van der Waals surface area contributed by atoms with Gasteiger partial charge in [0.2, 0.25) is 0 Å². The summed E-state index contributed by atoms with van der Waals surface area (Å²) in [6.07, 6.45) is 8.82. The van der Waals surface area contributed by atoms with Gasteiger partial charge >= 0.3 is 11.9 Å². The molecule has 176 valence electrons. The van der Waals surface area contributed by atoms with Crippen LogP contribution in [0.1, 0.15) is 99.3 Å². The Morgan fingerprint density at radius 1 is 0.871 bits per heavy atom. The van der Waals surface area contributed by atoms with Gasteiger partial charge in [-0.2, -0.15) is 0 Å². The standard InChI is InChI=1S/C26H42O5/c1-16(30-17(2)27)26(29)14-10-22-20-8-11-23(4)15-19(31-18(3)28)7-12-24(23,5)21(20)9-13-25(22,26)6/h16,19-22,29H,7-15H2,1-6H3/t16-,19+,20-,21+,22+,23-,24+,25-,26-/m0/s1. The number of ether oxygens (including phenoxy) is 2. The van der Waals surface area contributed by atoms with Gasteiger partial charge in [0.25, 0.3) is 0 Å². The first-order valence-corrected chi connectivity index (χ1v) is 12.4. The fourth-order valence-electron chi connectivity index (χ4n) is 8.99. The van der Waals surface area contributed by atoms with E-state index >= 15 is 0 Å². The molecule has 0 aromatic rings. The Hall–Kier alpha value is -1.10. The molecule has 9 atom stereocenters. The highest BCUT2D eigenvalue weighted by atomic mass is 16.6. The van der Waals surface area contributed by atoms with Crippen molar-refractivity contribution in [3.63, 3.8) is 0 Å². The normalized spacial score (nSPS) is 49.9. The minimum atomic E-state index is -0.942. The summed E-state index contributed by atoms with van der Waals surface area (Å²) in [5, 5.41) is 11.8. The Bertz CT molecular complexity index is 750. The van der Waals surface area contributed by atoms with Crippen molar-refractivity contribution in [2.24, 2.45) is 34.0 Å². The lowest BCUT2D eigenvalue weighted by molar-refractivity contribution is -0.212. The van der Waals surface area contributed by atoms with E-state index in [1.165, 1.54) is 20.3 Å². The van der Waals surface area contributed by atoms with Crippen LogP contribution >= 0.6 is 0 Å². The summed E-state index contributed by atoms with van der Waals surface area (Å²) in [6, 6.07) is 0. The lowest BCUT2D eigenvalue weighted by atomic mass is 9.40. The Balaban J connectivity index is 1.58. The third-order valence-corrected chi connectivity index (χ3v) is 10.9. The van der Waals surface area contributed by atoms with E-state index in [4.69, 9.17) is 9.47 Å². The summed E-state index contributed by atoms with van der Waals surface area (Å²) in [5.41, 5.74) is -0.707. The van der Waals surface area contributed by atoms with Crippen LogP contribution in [0.25, 0.3) is 0 Å². The molecule has 4 aliphatic carbocycles. The number of rotatable bonds is 3. The first kappa shape index (κ1) is 23.1. The van der Waals surface area contributed by atoms with Crippen molar-refractivity contribution in [3.8, 4) is 0 Å². The first-order valence-electron chi connectivity index (χ1n) is 12.4. The van der Waals surface area contributed by atoms with Crippen LogP contribution in [0, 0.1) is 34.0 Å². The van der Waals surface area contributed by atoms with E-state index in [1.807, 2.05) is 6.92 Å². The molecule has 0 aliphatic heterocycles. The molecule has 4 rings (SSSR count). The topological polar surface area (TPSA) is 72.8 Å². The lowest BCUT2D eigenvalue weighted by Gasteiger charge is -2.65. The van der Waals surface area contributed by atoms with Crippen LogP contribution in [0.2, 0.25) is 0 Å². The van der Waals surface area contributed by atoms with E-state index in [1.54, 1.807) is 0 Å². The molecule has 5 nitrogen and oxygen atoms in total. The van der Waals surface area contributed by atoms with Crippen LogP contribution in [-0.4, -0.2) is 34.9 Å². The molecular formula is C26H42O5. The number of carbonyl (C=O) groups excluding carboxylic acids is 2. The minimum Gasteiger partial charge on any atom is -0.463 e. The Morgan fingerprint density at radius 3 is 2.13 bits per heavy atom. The Labute approximate surface area is 187 Å². The van der Waals surface area contributed by atoms with Gasteiger partial charge in [-0.1, -0.05) is 20.8 Å². The molecule has 4 aliphatic rings. The second-order valence-electron chi connectivity index (χ2n) is 12.0. The summed E-state index contributed by atoms with van der Waals surface area (Å²) in [7, 11) is 0. The minimum absolute atomic E-state index is 0.0575. The molecule has 0 heterocycles. The molecule has 0 aromatic carbocycles. The molecule has 31 heavy (non-hydrogen) atoms. The molecule has 4 saturated carbocycles. The van der Waals surface area contributed by atoms with Crippen LogP contribution < -0.4 is 0 Å².